The van der Waals surface area contributed by atoms with E-state index < -0.39 is 11.4 Å². The second-order valence-electron chi connectivity index (χ2n) is 8.66. The predicted molar refractivity (Wildman–Crippen MR) is 119 cm³/mol. The van der Waals surface area contributed by atoms with Gasteiger partial charge in [0, 0.05) is 32.7 Å². The topological polar surface area (TPSA) is 68.2 Å². The van der Waals surface area contributed by atoms with Crippen molar-refractivity contribution < 1.29 is 9.90 Å². The number of fused-ring (bicyclic) bond motifs is 2. The van der Waals surface area contributed by atoms with Crippen LogP contribution in [0.5, 0.6) is 0 Å². The number of benzene rings is 1. The standard InChI is InChI=1S/C22H28N4O2S/c1-14-5-6-16-17(11-14)23-19(18-15(2)12-29-20(18)24-16)26-9-7-25(8-10-26)13-22(3,4)21(27)28/h5-6,11-12,24H,7-10,13H2,1-4H3,(H,27,28). The van der Waals surface area contributed by atoms with E-state index in [0.29, 0.717) is 6.54 Å². The van der Waals surface area contributed by atoms with Crippen LogP contribution in [0.2, 0.25) is 0 Å². The second kappa shape index (κ2) is 7.46. The number of carboxylic acids is 1. The Morgan fingerprint density at radius 1 is 1.24 bits per heavy atom. The molecule has 3 heterocycles. The van der Waals surface area contributed by atoms with E-state index >= 15 is 0 Å². The Bertz CT molecular complexity index is 971. The lowest BCUT2D eigenvalue weighted by molar-refractivity contribution is -0.148. The second-order valence-corrected chi connectivity index (χ2v) is 9.54. The molecule has 1 aromatic carbocycles. The lowest BCUT2D eigenvalue weighted by atomic mass is 9.93. The smallest absolute Gasteiger partial charge is 0.310 e. The van der Waals surface area contributed by atoms with Crippen molar-refractivity contribution in [2.75, 3.05) is 38.0 Å². The van der Waals surface area contributed by atoms with Crippen molar-refractivity contribution in [3.63, 3.8) is 0 Å². The number of rotatable bonds is 3. The highest BCUT2D eigenvalue weighted by atomic mass is 32.1. The van der Waals surface area contributed by atoms with E-state index in [1.165, 1.54) is 16.7 Å². The normalized spacial score (nSPS) is 17.1. The maximum absolute atomic E-state index is 11.5. The summed E-state index contributed by atoms with van der Waals surface area (Å²) >= 11 is 1.72. The molecule has 0 saturated carbocycles. The first-order valence-electron chi connectivity index (χ1n) is 10.00. The van der Waals surface area contributed by atoms with Crippen molar-refractivity contribution in [1.29, 1.82) is 0 Å². The maximum Gasteiger partial charge on any atom is 0.310 e. The average Bonchev–Trinajstić information content (AvgIpc) is 2.93. The van der Waals surface area contributed by atoms with Crippen LogP contribution in [0, 0.1) is 19.3 Å². The Hall–Kier alpha value is -2.38. The summed E-state index contributed by atoms with van der Waals surface area (Å²) in [6.07, 6.45) is 0. The fourth-order valence-electron chi connectivity index (χ4n) is 3.92. The first-order chi connectivity index (χ1) is 13.7. The van der Waals surface area contributed by atoms with Gasteiger partial charge in [-0.2, -0.15) is 0 Å². The number of carbonyl (C=O) groups is 1. The molecule has 4 rings (SSSR count). The number of nitrogens with one attached hydrogen (secondary N) is 1. The van der Waals surface area contributed by atoms with Gasteiger partial charge < -0.3 is 15.3 Å². The molecule has 1 saturated heterocycles. The van der Waals surface area contributed by atoms with Gasteiger partial charge in [-0.3, -0.25) is 9.69 Å². The number of amidine groups is 1. The Morgan fingerprint density at radius 3 is 2.66 bits per heavy atom. The first-order valence-corrected chi connectivity index (χ1v) is 10.9. The van der Waals surface area contributed by atoms with E-state index in [1.807, 2.05) is 0 Å². The van der Waals surface area contributed by atoms with Crippen LogP contribution in [0.3, 0.4) is 0 Å². The lowest BCUT2D eigenvalue weighted by Gasteiger charge is -2.39. The molecule has 2 N–H and O–H groups in total. The molecule has 0 radical (unpaired) electrons. The number of hydrogen-bond acceptors (Lipinski definition) is 6. The van der Waals surface area contributed by atoms with E-state index in [2.05, 4.69) is 52.5 Å². The quantitative estimate of drug-likeness (QED) is 0.790. The number of aliphatic carboxylic acids is 1. The van der Waals surface area contributed by atoms with Gasteiger partial charge in [-0.15, -0.1) is 11.3 Å². The summed E-state index contributed by atoms with van der Waals surface area (Å²) in [6, 6.07) is 6.33. The van der Waals surface area contributed by atoms with Crippen LogP contribution in [-0.4, -0.2) is 59.4 Å². The van der Waals surface area contributed by atoms with Crippen molar-refractivity contribution in [3.05, 3.63) is 40.3 Å². The SMILES string of the molecule is Cc1ccc2c(c1)N=C(N1CCN(CC(C)(C)C(=O)O)CC1)c1c(C)csc1N2. The van der Waals surface area contributed by atoms with Gasteiger partial charge in [0.05, 0.1) is 22.4 Å². The van der Waals surface area contributed by atoms with Crippen molar-refractivity contribution in [2.45, 2.75) is 27.7 Å². The third-order valence-electron chi connectivity index (χ3n) is 5.70. The highest BCUT2D eigenvalue weighted by Gasteiger charge is 2.32. The maximum atomic E-state index is 11.5. The molecule has 0 amide bonds. The Balaban J connectivity index is 1.60. The number of aryl methyl sites for hydroxylation is 2. The van der Waals surface area contributed by atoms with Crippen molar-refractivity contribution in [1.82, 2.24) is 9.80 Å². The highest BCUT2D eigenvalue weighted by Crippen LogP contribution is 2.40. The zero-order valence-corrected chi connectivity index (χ0v) is 18.3. The Kier molecular flexibility index (Phi) is 5.12. The minimum atomic E-state index is -0.746. The fraction of sp³-hybridized carbons (Fsp3) is 0.455. The van der Waals surface area contributed by atoms with Crippen LogP contribution in [0.25, 0.3) is 0 Å². The number of hydrogen-bond donors (Lipinski definition) is 2. The van der Waals surface area contributed by atoms with Crippen LogP contribution in [-0.2, 0) is 4.79 Å². The molecule has 1 aromatic heterocycles. The summed E-state index contributed by atoms with van der Waals surface area (Å²) in [4.78, 5) is 21.2. The molecule has 2 aromatic rings. The van der Waals surface area contributed by atoms with Gasteiger partial charge in [0.2, 0.25) is 0 Å². The van der Waals surface area contributed by atoms with Gasteiger partial charge in [0.25, 0.3) is 0 Å². The fourth-order valence-corrected chi connectivity index (χ4v) is 4.87. The third-order valence-corrected chi connectivity index (χ3v) is 6.71. The minimum Gasteiger partial charge on any atom is -0.481 e. The van der Waals surface area contributed by atoms with Gasteiger partial charge in [0.1, 0.15) is 10.8 Å². The molecule has 0 atom stereocenters. The van der Waals surface area contributed by atoms with Gasteiger partial charge in [-0.1, -0.05) is 6.07 Å². The molecule has 7 heteroatoms. The molecule has 6 nitrogen and oxygen atoms in total. The van der Waals surface area contributed by atoms with Crippen molar-refractivity contribution in [3.8, 4) is 0 Å². The molecule has 0 bridgehead atoms. The zero-order chi connectivity index (χ0) is 20.8. The largest absolute Gasteiger partial charge is 0.481 e. The average molecular weight is 413 g/mol. The summed E-state index contributed by atoms with van der Waals surface area (Å²) in [7, 11) is 0. The van der Waals surface area contributed by atoms with E-state index in [-0.39, 0.29) is 0 Å². The number of nitrogens with zero attached hydrogens (tertiary/aromatic N) is 3. The highest BCUT2D eigenvalue weighted by molar-refractivity contribution is 7.14. The van der Waals surface area contributed by atoms with Gasteiger partial charge in [-0.25, -0.2) is 4.99 Å². The Morgan fingerprint density at radius 2 is 1.97 bits per heavy atom. The van der Waals surface area contributed by atoms with Crippen LogP contribution in [0.1, 0.15) is 30.5 Å². The predicted octanol–water partition coefficient (Wildman–Crippen LogP) is 4.23. The van der Waals surface area contributed by atoms with Crippen molar-refractivity contribution in [2.24, 2.45) is 10.4 Å². The van der Waals surface area contributed by atoms with Gasteiger partial charge >= 0.3 is 5.97 Å². The lowest BCUT2D eigenvalue weighted by Crippen LogP contribution is -2.52. The summed E-state index contributed by atoms with van der Waals surface area (Å²) in [6.45, 7) is 11.7. The molecule has 29 heavy (non-hydrogen) atoms. The van der Waals surface area contributed by atoms with Crippen LogP contribution < -0.4 is 5.32 Å². The number of aliphatic imine (C=N–C) groups is 1. The number of carboxylic acid groups (broad SMARTS) is 1. The number of thiophene rings is 1. The molecule has 1 fully saturated rings. The summed E-state index contributed by atoms with van der Waals surface area (Å²) in [5.74, 6) is 0.275. The molecule has 0 aliphatic carbocycles. The number of piperazine rings is 1. The van der Waals surface area contributed by atoms with Gasteiger partial charge in [-0.05, 0) is 56.3 Å². The molecule has 2 aliphatic rings. The molecular formula is C22H28N4O2S. The summed E-state index contributed by atoms with van der Waals surface area (Å²) in [5, 5.41) is 16.3. The van der Waals surface area contributed by atoms with Gasteiger partial charge in [0.15, 0.2) is 0 Å². The van der Waals surface area contributed by atoms with E-state index in [9.17, 15) is 9.90 Å². The molecule has 154 valence electrons. The molecule has 2 aliphatic heterocycles. The summed E-state index contributed by atoms with van der Waals surface area (Å²) in [5.41, 5.74) is 4.88. The Labute approximate surface area is 175 Å². The zero-order valence-electron chi connectivity index (χ0n) is 17.5. The number of anilines is 2. The van der Waals surface area contributed by atoms with Crippen LogP contribution >= 0.6 is 11.3 Å². The van der Waals surface area contributed by atoms with Crippen molar-refractivity contribution >= 4 is 39.5 Å². The van der Waals surface area contributed by atoms with Crippen LogP contribution in [0.4, 0.5) is 16.4 Å². The van der Waals surface area contributed by atoms with Crippen LogP contribution in [0.15, 0.2) is 28.6 Å². The third kappa shape index (κ3) is 3.89. The molecular weight excluding hydrogens is 384 g/mol. The molecule has 0 spiro atoms. The van der Waals surface area contributed by atoms with E-state index in [0.717, 1.165) is 48.4 Å². The van der Waals surface area contributed by atoms with E-state index in [1.54, 1.807) is 25.2 Å². The summed E-state index contributed by atoms with van der Waals surface area (Å²) < 4.78 is 0. The minimum absolute atomic E-state index is 0.564. The van der Waals surface area contributed by atoms with E-state index in [4.69, 9.17) is 4.99 Å². The monoisotopic (exact) mass is 412 g/mol. The first kappa shape index (κ1) is 19.9. The molecule has 0 unspecified atom stereocenters.